The molecule has 0 aliphatic carbocycles. The van der Waals surface area contributed by atoms with E-state index in [0.717, 1.165) is 11.6 Å². The third kappa shape index (κ3) is 2.42. The molecule has 1 heterocycles. The summed E-state index contributed by atoms with van der Waals surface area (Å²) in [5.41, 5.74) is 1.39. The third-order valence-electron chi connectivity index (χ3n) is 3.13. The van der Waals surface area contributed by atoms with E-state index >= 15 is 0 Å². The molecule has 1 unspecified atom stereocenters. The minimum absolute atomic E-state index is 0.0358. The fourth-order valence-electron chi connectivity index (χ4n) is 2.03. The van der Waals surface area contributed by atoms with Gasteiger partial charge in [0.05, 0.1) is 0 Å². The zero-order valence-corrected chi connectivity index (χ0v) is 11.6. The van der Waals surface area contributed by atoms with Crippen LogP contribution in [-0.2, 0) is 0 Å². The number of amides is 1. The lowest BCUT2D eigenvalue weighted by atomic mass is 10.1. The molecule has 0 aromatic heterocycles. The standard InChI is InChI=1S/C13H19NO2Si/c1-17(2,3)9-8-14-12(15)10-6-4-5-7-11(10)13(14)16/h4-7,12,15H,8-9H2,1-3H3. The van der Waals surface area contributed by atoms with Gasteiger partial charge in [0.25, 0.3) is 5.91 Å². The molecule has 0 fully saturated rings. The highest BCUT2D eigenvalue weighted by Crippen LogP contribution is 2.31. The average molecular weight is 249 g/mol. The SMILES string of the molecule is C[Si](C)(C)CCN1C(=O)c2ccccc2C1O. The summed E-state index contributed by atoms with van der Waals surface area (Å²) in [6.07, 6.45) is -0.755. The van der Waals surface area contributed by atoms with Crippen LogP contribution in [0.15, 0.2) is 24.3 Å². The Morgan fingerprint density at radius 1 is 1.29 bits per heavy atom. The van der Waals surface area contributed by atoms with Crippen molar-refractivity contribution in [1.29, 1.82) is 0 Å². The fraction of sp³-hybridized carbons (Fsp3) is 0.462. The number of nitrogens with zero attached hydrogens (tertiary/aromatic N) is 1. The number of aliphatic hydroxyl groups excluding tert-OH is 1. The van der Waals surface area contributed by atoms with Crippen molar-refractivity contribution in [2.24, 2.45) is 0 Å². The maximum atomic E-state index is 12.1. The van der Waals surface area contributed by atoms with Crippen molar-refractivity contribution in [3.8, 4) is 0 Å². The second kappa shape index (κ2) is 4.27. The Bertz CT molecular complexity index is 439. The first-order valence-electron chi connectivity index (χ1n) is 5.98. The molecular formula is C13H19NO2Si. The highest BCUT2D eigenvalue weighted by Gasteiger charge is 2.35. The van der Waals surface area contributed by atoms with Crippen molar-refractivity contribution in [2.75, 3.05) is 6.54 Å². The number of rotatable bonds is 3. The lowest BCUT2D eigenvalue weighted by Gasteiger charge is -2.24. The maximum Gasteiger partial charge on any atom is 0.256 e. The van der Waals surface area contributed by atoms with Crippen LogP contribution in [0.5, 0.6) is 0 Å². The van der Waals surface area contributed by atoms with E-state index in [0.29, 0.717) is 12.1 Å². The molecule has 0 saturated heterocycles. The molecule has 2 rings (SSSR count). The van der Waals surface area contributed by atoms with Gasteiger partial charge >= 0.3 is 0 Å². The van der Waals surface area contributed by atoms with Gasteiger partial charge in [-0.15, -0.1) is 0 Å². The number of hydrogen-bond acceptors (Lipinski definition) is 2. The summed E-state index contributed by atoms with van der Waals surface area (Å²) in [4.78, 5) is 13.7. The van der Waals surface area contributed by atoms with Gasteiger partial charge in [0, 0.05) is 25.7 Å². The highest BCUT2D eigenvalue weighted by atomic mass is 28.3. The van der Waals surface area contributed by atoms with E-state index in [2.05, 4.69) is 19.6 Å². The van der Waals surface area contributed by atoms with Crippen molar-refractivity contribution in [3.63, 3.8) is 0 Å². The van der Waals surface area contributed by atoms with E-state index < -0.39 is 14.3 Å². The van der Waals surface area contributed by atoms with Gasteiger partial charge in [-0.1, -0.05) is 37.8 Å². The molecule has 0 spiro atoms. The van der Waals surface area contributed by atoms with E-state index in [1.807, 2.05) is 18.2 Å². The number of hydrogen-bond donors (Lipinski definition) is 1. The Kier molecular flexibility index (Phi) is 3.10. The molecule has 1 aromatic rings. The summed E-state index contributed by atoms with van der Waals surface area (Å²) in [5.74, 6) is -0.0358. The van der Waals surface area contributed by atoms with Crippen LogP contribution in [0, 0.1) is 0 Å². The molecule has 0 bridgehead atoms. The molecule has 92 valence electrons. The topological polar surface area (TPSA) is 40.5 Å². The van der Waals surface area contributed by atoms with Gasteiger partial charge in [-0.05, 0) is 12.1 Å². The molecule has 1 aromatic carbocycles. The third-order valence-corrected chi connectivity index (χ3v) is 4.85. The van der Waals surface area contributed by atoms with E-state index in [9.17, 15) is 9.90 Å². The van der Waals surface area contributed by atoms with Crippen LogP contribution in [-0.4, -0.2) is 30.5 Å². The lowest BCUT2D eigenvalue weighted by molar-refractivity contribution is 0.0201. The monoisotopic (exact) mass is 249 g/mol. The molecule has 3 nitrogen and oxygen atoms in total. The van der Waals surface area contributed by atoms with Gasteiger partial charge in [-0.25, -0.2) is 0 Å². The number of fused-ring (bicyclic) bond motifs is 1. The van der Waals surface area contributed by atoms with Crippen molar-refractivity contribution in [1.82, 2.24) is 4.90 Å². The van der Waals surface area contributed by atoms with E-state index in [1.165, 1.54) is 0 Å². The predicted molar refractivity (Wildman–Crippen MR) is 70.6 cm³/mol. The second-order valence-corrected chi connectivity index (χ2v) is 11.4. The number of benzene rings is 1. The Morgan fingerprint density at radius 3 is 2.53 bits per heavy atom. The minimum atomic E-state index is -1.19. The lowest BCUT2D eigenvalue weighted by Crippen LogP contribution is -2.33. The smallest absolute Gasteiger partial charge is 0.256 e. The minimum Gasteiger partial charge on any atom is -0.369 e. The van der Waals surface area contributed by atoms with E-state index in [1.54, 1.807) is 11.0 Å². The fourth-order valence-corrected chi connectivity index (χ4v) is 2.94. The predicted octanol–water partition coefficient (Wildman–Crippen LogP) is 2.47. The zero-order chi connectivity index (χ0) is 12.6. The Hall–Kier alpha value is -1.13. The molecule has 0 radical (unpaired) electrons. The summed E-state index contributed by atoms with van der Waals surface area (Å²) in [5, 5.41) is 10.1. The molecule has 1 amide bonds. The van der Waals surface area contributed by atoms with Gasteiger partial charge in [-0.3, -0.25) is 4.79 Å². The molecular weight excluding hydrogens is 230 g/mol. The van der Waals surface area contributed by atoms with Gasteiger partial charge in [0.2, 0.25) is 0 Å². The molecule has 1 aliphatic rings. The second-order valence-electron chi connectivity index (χ2n) is 5.77. The molecule has 1 atom stereocenters. The number of carbonyl (C=O) groups excluding carboxylic acids is 1. The average Bonchev–Trinajstić information content (AvgIpc) is 2.49. The zero-order valence-electron chi connectivity index (χ0n) is 10.6. The Labute approximate surface area is 103 Å². The summed E-state index contributed by atoms with van der Waals surface area (Å²) in [6, 6.07) is 8.33. The quantitative estimate of drug-likeness (QED) is 0.836. The molecule has 1 N–H and O–H groups in total. The van der Waals surface area contributed by atoms with Crippen molar-refractivity contribution in [3.05, 3.63) is 35.4 Å². The van der Waals surface area contributed by atoms with Crippen LogP contribution >= 0.6 is 0 Å². The Balaban J connectivity index is 2.16. The van der Waals surface area contributed by atoms with Gasteiger partial charge in [0.15, 0.2) is 6.23 Å². The summed E-state index contributed by atoms with van der Waals surface area (Å²) < 4.78 is 0. The molecule has 17 heavy (non-hydrogen) atoms. The highest BCUT2D eigenvalue weighted by molar-refractivity contribution is 6.76. The summed E-state index contributed by atoms with van der Waals surface area (Å²) in [6.45, 7) is 7.47. The van der Waals surface area contributed by atoms with Gasteiger partial charge in [0.1, 0.15) is 0 Å². The van der Waals surface area contributed by atoms with Gasteiger partial charge in [-0.2, -0.15) is 0 Å². The molecule has 1 aliphatic heterocycles. The number of aliphatic hydroxyl groups is 1. The first kappa shape index (κ1) is 12.3. The van der Waals surface area contributed by atoms with E-state index in [4.69, 9.17) is 0 Å². The van der Waals surface area contributed by atoms with Gasteiger partial charge < -0.3 is 10.0 Å². The molecule has 0 saturated carbocycles. The van der Waals surface area contributed by atoms with E-state index in [-0.39, 0.29) is 5.91 Å². The first-order valence-corrected chi connectivity index (χ1v) is 9.69. The Morgan fingerprint density at radius 2 is 1.94 bits per heavy atom. The summed E-state index contributed by atoms with van der Waals surface area (Å²) in [7, 11) is -1.19. The van der Waals surface area contributed by atoms with Crippen LogP contribution in [0.25, 0.3) is 0 Å². The van der Waals surface area contributed by atoms with Crippen molar-refractivity contribution < 1.29 is 9.90 Å². The first-order chi connectivity index (χ1) is 7.90. The summed E-state index contributed by atoms with van der Waals surface area (Å²) >= 11 is 0. The van der Waals surface area contributed by atoms with Crippen LogP contribution < -0.4 is 0 Å². The van der Waals surface area contributed by atoms with Crippen LogP contribution in [0.4, 0.5) is 0 Å². The van der Waals surface area contributed by atoms with Crippen LogP contribution in [0.1, 0.15) is 22.1 Å². The largest absolute Gasteiger partial charge is 0.369 e. The number of carbonyl (C=O) groups is 1. The van der Waals surface area contributed by atoms with Crippen LogP contribution in [0.2, 0.25) is 25.7 Å². The van der Waals surface area contributed by atoms with Crippen molar-refractivity contribution >= 4 is 14.0 Å². The normalized spacial score (nSPS) is 19.6. The van der Waals surface area contributed by atoms with Crippen LogP contribution in [0.3, 0.4) is 0 Å². The molecule has 4 heteroatoms. The van der Waals surface area contributed by atoms with Crippen molar-refractivity contribution in [2.45, 2.75) is 31.9 Å². The maximum absolute atomic E-state index is 12.1.